The molecule has 22 heavy (non-hydrogen) atoms. The van der Waals surface area contributed by atoms with Crippen molar-refractivity contribution in [2.24, 2.45) is 0 Å². The topological polar surface area (TPSA) is 137 Å². The van der Waals surface area contributed by atoms with Gasteiger partial charge in [-0.3, -0.25) is 24.5 Å². The van der Waals surface area contributed by atoms with Crippen molar-refractivity contribution in [2.45, 2.75) is 46.0 Å². The molecule has 0 aromatic heterocycles. The number of nitrogens with one attached hydrogen (secondary N) is 4. The molecule has 0 spiro atoms. The highest BCUT2D eigenvalue weighted by Gasteiger charge is 2.22. The van der Waals surface area contributed by atoms with Gasteiger partial charge in [-0.25, -0.2) is 0 Å². The normalized spacial score (nSPS) is 14.4. The lowest BCUT2D eigenvalue weighted by Gasteiger charge is -2.22. The molecule has 0 fully saturated rings. The monoisotopic (exact) mass is 316 g/mol. The van der Waals surface area contributed by atoms with E-state index in [4.69, 9.17) is 0 Å². The first-order chi connectivity index (χ1) is 10.1. The number of carbonyl (C=O) groups is 4. The van der Waals surface area contributed by atoms with Crippen molar-refractivity contribution in [3.05, 3.63) is 0 Å². The molecule has 0 aliphatic heterocycles. The quantitative estimate of drug-likeness (QED) is 0.302. The van der Waals surface area contributed by atoms with Crippen LogP contribution < -0.4 is 21.3 Å². The van der Waals surface area contributed by atoms with Crippen molar-refractivity contribution in [2.75, 3.05) is 13.1 Å². The SMILES string of the molecule is CC(=O)NCC(NC(C)O)C(=O)NCC(NC(C)=O)C(C)=O. The van der Waals surface area contributed by atoms with Crippen molar-refractivity contribution >= 4 is 23.5 Å². The van der Waals surface area contributed by atoms with Gasteiger partial charge in [0.25, 0.3) is 0 Å². The molecule has 0 saturated heterocycles. The van der Waals surface area contributed by atoms with Gasteiger partial charge >= 0.3 is 0 Å². The Balaban J connectivity index is 4.61. The maximum absolute atomic E-state index is 12.0. The summed E-state index contributed by atoms with van der Waals surface area (Å²) < 4.78 is 0. The van der Waals surface area contributed by atoms with Gasteiger partial charge in [0.1, 0.15) is 18.3 Å². The molecule has 9 heteroatoms. The van der Waals surface area contributed by atoms with Crippen LogP contribution in [0, 0.1) is 0 Å². The Morgan fingerprint density at radius 1 is 0.909 bits per heavy atom. The molecular weight excluding hydrogens is 292 g/mol. The summed E-state index contributed by atoms with van der Waals surface area (Å²) in [4.78, 5) is 45.3. The van der Waals surface area contributed by atoms with Gasteiger partial charge in [0.05, 0.1) is 0 Å². The minimum absolute atomic E-state index is 0.0169. The summed E-state index contributed by atoms with van der Waals surface area (Å²) in [5, 5.41) is 19.3. The number of hydrogen-bond donors (Lipinski definition) is 5. The minimum Gasteiger partial charge on any atom is -0.379 e. The fourth-order valence-electron chi connectivity index (χ4n) is 1.63. The average molecular weight is 316 g/mol. The van der Waals surface area contributed by atoms with Crippen molar-refractivity contribution in [3.63, 3.8) is 0 Å². The second-order valence-electron chi connectivity index (χ2n) is 4.94. The zero-order valence-electron chi connectivity index (χ0n) is 13.2. The highest BCUT2D eigenvalue weighted by atomic mass is 16.3. The number of aliphatic hydroxyl groups is 1. The highest BCUT2D eigenvalue weighted by molar-refractivity contribution is 5.88. The van der Waals surface area contributed by atoms with Crippen LogP contribution in [0.5, 0.6) is 0 Å². The van der Waals surface area contributed by atoms with Gasteiger partial charge in [0, 0.05) is 26.9 Å². The molecule has 0 aromatic rings. The van der Waals surface area contributed by atoms with E-state index in [9.17, 15) is 24.3 Å². The molecule has 5 N–H and O–H groups in total. The van der Waals surface area contributed by atoms with E-state index in [1.54, 1.807) is 0 Å². The van der Waals surface area contributed by atoms with Crippen LogP contribution in [0.1, 0.15) is 27.7 Å². The summed E-state index contributed by atoms with van der Waals surface area (Å²) in [6, 6.07) is -1.69. The zero-order chi connectivity index (χ0) is 17.3. The maximum atomic E-state index is 12.0. The first kappa shape index (κ1) is 20.0. The summed E-state index contributed by atoms with van der Waals surface area (Å²) in [6.45, 7) is 5.22. The minimum atomic E-state index is -0.955. The van der Waals surface area contributed by atoms with Gasteiger partial charge in [0.2, 0.25) is 17.7 Å². The third kappa shape index (κ3) is 9.03. The Morgan fingerprint density at radius 2 is 1.45 bits per heavy atom. The number of aliphatic hydroxyl groups excluding tert-OH is 1. The van der Waals surface area contributed by atoms with Crippen molar-refractivity contribution in [1.29, 1.82) is 0 Å². The average Bonchev–Trinajstić information content (AvgIpc) is 2.37. The van der Waals surface area contributed by atoms with Crippen LogP contribution >= 0.6 is 0 Å². The van der Waals surface area contributed by atoms with Crippen LogP contribution in [0.15, 0.2) is 0 Å². The lowest BCUT2D eigenvalue weighted by Crippen LogP contribution is -2.55. The highest BCUT2D eigenvalue weighted by Crippen LogP contribution is 1.90. The molecule has 3 atom stereocenters. The first-order valence-electron chi connectivity index (χ1n) is 6.87. The van der Waals surface area contributed by atoms with Crippen LogP contribution in [0.3, 0.4) is 0 Å². The predicted molar refractivity (Wildman–Crippen MR) is 78.6 cm³/mol. The van der Waals surface area contributed by atoms with Crippen molar-refractivity contribution in [1.82, 2.24) is 21.3 Å². The molecule has 0 heterocycles. The molecule has 0 aliphatic rings. The van der Waals surface area contributed by atoms with Gasteiger partial charge < -0.3 is 21.1 Å². The second-order valence-corrected chi connectivity index (χ2v) is 4.94. The van der Waals surface area contributed by atoms with E-state index in [1.807, 2.05) is 0 Å². The molecule has 3 unspecified atom stereocenters. The number of hydrogen-bond acceptors (Lipinski definition) is 6. The number of carbonyl (C=O) groups excluding carboxylic acids is 4. The molecule has 0 saturated carbocycles. The van der Waals surface area contributed by atoms with Crippen LogP contribution in [0.4, 0.5) is 0 Å². The van der Waals surface area contributed by atoms with E-state index in [2.05, 4.69) is 21.3 Å². The maximum Gasteiger partial charge on any atom is 0.239 e. The van der Waals surface area contributed by atoms with Gasteiger partial charge in [-0.2, -0.15) is 0 Å². The number of rotatable bonds is 9. The summed E-state index contributed by atoms with van der Waals surface area (Å²) >= 11 is 0. The Morgan fingerprint density at radius 3 is 1.86 bits per heavy atom. The van der Waals surface area contributed by atoms with E-state index >= 15 is 0 Å². The van der Waals surface area contributed by atoms with Gasteiger partial charge in [-0.15, -0.1) is 0 Å². The first-order valence-corrected chi connectivity index (χ1v) is 6.87. The predicted octanol–water partition coefficient (Wildman–Crippen LogP) is -2.37. The molecule has 0 aromatic carbocycles. The fraction of sp³-hybridized carbons (Fsp3) is 0.692. The largest absolute Gasteiger partial charge is 0.379 e. The Hall–Kier alpha value is -2.00. The number of amides is 3. The van der Waals surface area contributed by atoms with Gasteiger partial charge in [-0.05, 0) is 13.8 Å². The number of ketones is 1. The van der Waals surface area contributed by atoms with E-state index in [-0.39, 0.29) is 30.7 Å². The van der Waals surface area contributed by atoms with E-state index in [0.717, 1.165) is 0 Å². The van der Waals surface area contributed by atoms with E-state index < -0.39 is 24.2 Å². The standard InChI is InChI=1S/C13H24N4O5/c1-7(18)11(16-9(3)20)5-15-13(22)12(17-10(4)21)6-14-8(2)19/h10-12,17,21H,5-6H2,1-4H3,(H,14,19)(H,15,22)(H,16,20). The molecule has 126 valence electrons. The zero-order valence-corrected chi connectivity index (χ0v) is 13.2. The summed E-state index contributed by atoms with van der Waals surface area (Å²) in [5.41, 5.74) is 0. The third-order valence-corrected chi connectivity index (χ3v) is 2.66. The molecule has 0 rings (SSSR count). The van der Waals surface area contributed by atoms with Crippen LogP contribution in [0.25, 0.3) is 0 Å². The van der Waals surface area contributed by atoms with Crippen LogP contribution in [-0.4, -0.2) is 60.0 Å². The van der Waals surface area contributed by atoms with Gasteiger partial charge in [0.15, 0.2) is 5.78 Å². The van der Waals surface area contributed by atoms with Gasteiger partial charge in [-0.1, -0.05) is 0 Å². The summed E-state index contributed by atoms with van der Waals surface area (Å²) in [7, 11) is 0. The lowest BCUT2D eigenvalue weighted by molar-refractivity contribution is -0.127. The molecule has 0 bridgehead atoms. The molecule has 0 aliphatic carbocycles. The molecular formula is C13H24N4O5. The molecule has 3 amide bonds. The summed E-state index contributed by atoms with van der Waals surface area (Å²) in [5.74, 6) is -1.50. The molecule has 9 nitrogen and oxygen atoms in total. The van der Waals surface area contributed by atoms with E-state index in [0.29, 0.717) is 0 Å². The van der Waals surface area contributed by atoms with Crippen LogP contribution in [0.2, 0.25) is 0 Å². The second kappa shape index (κ2) is 9.85. The number of Topliss-reactive ketones (excluding diaryl/α,β-unsaturated/α-hetero) is 1. The Labute approximate surface area is 129 Å². The van der Waals surface area contributed by atoms with Crippen molar-refractivity contribution < 1.29 is 24.3 Å². The van der Waals surface area contributed by atoms with Crippen molar-refractivity contribution in [3.8, 4) is 0 Å². The molecule has 0 radical (unpaired) electrons. The summed E-state index contributed by atoms with van der Waals surface area (Å²) in [6.07, 6.45) is -0.955. The Kier molecular flexibility index (Phi) is 8.95. The fourth-order valence-corrected chi connectivity index (χ4v) is 1.63. The lowest BCUT2D eigenvalue weighted by atomic mass is 10.2. The van der Waals surface area contributed by atoms with E-state index in [1.165, 1.54) is 27.7 Å². The van der Waals surface area contributed by atoms with Crippen LogP contribution in [-0.2, 0) is 19.2 Å². The Bertz CT molecular complexity index is 425. The smallest absolute Gasteiger partial charge is 0.239 e. The third-order valence-electron chi connectivity index (χ3n) is 2.66.